The van der Waals surface area contributed by atoms with E-state index in [1.807, 2.05) is 0 Å². The number of carboxylic acid groups (broad SMARTS) is 1. The topological polar surface area (TPSA) is 95.9 Å². The van der Waals surface area contributed by atoms with E-state index in [9.17, 15) is 19.8 Å². The molecule has 0 aromatic heterocycles. The summed E-state index contributed by atoms with van der Waals surface area (Å²) in [5.74, 6) is -1.43. The number of rotatable bonds is 28. The largest absolute Gasteiger partial charge is 0.544 e. The fourth-order valence-electron chi connectivity index (χ4n) is 4.33. The number of ether oxygens (including phenoxy) is 2. The minimum Gasteiger partial charge on any atom is -0.544 e. The van der Waals surface area contributed by atoms with Gasteiger partial charge in [-0.1, -0.05) is 99.8 Å². The molecule has 0 aliphatic heterocycles. The van der Waals surface area contributed by atoms with Crippen molar-refractivity contribution in [2.75, 3.05) is 41.0 Å². The molecule has 246 valence electrons. The summed E-state index contributed by atoms with van der Waals surface area (Å²) < 4.78 is 10.7. The van der Waals surface area contributed by atoms with E-state index in [1.165, 1.54) is 25.7 Å². The molecule has 0 aromatic carbocycles. The maximum absolute atomic E-state index is 11.9. The first kappa shape index (κ1) is 40.5. The molecule has 0 rings (SSSR count). The predicted octanol–water partition coefficient (Wildman–Crippen LogP) is 6.38. The van der Waals surface area contributed by atoms with Crippen LogP contribution < -0.4 is 5.11 Å². The molecule has 1 N–H and O–H groups in total. The average molecular weight is 604 g/mol. The van der Waals surface area contributed by atoms with E-state index in [0.717, 1.165) is 57.8 Å². The number of likely N-dealkylation sites (N-methyl/N-ethyl adjacent to an activating group) is 1. The van der Waals surface area contributed by atoms with Crippen molar-refractivity contribution in [1.82, 2.24) is 0 Å². The molecule has 43 heavy (non-hydrogen) atoms. The zero-order chi connectivity index (χ0) is 32.0. The number of aliphatic hydroxyl groups excluding tert-OH is 1. The van der Waals surface area contributed by atoms with Crippen LogP contribution in [-0.4, -0.2) is 74.6 Å². The van der Waals surface area contributed by atoms with Gasteiger partial charge < -0.3 is 29.0 Å². The van der Waals surface area contributed by atoms with Gasteiger partial charge in [-0.05, 0) is 51.4 Å². The first-order valence-corrected chi connectivity index (χ1v) is 16.4. The molecule has 0 saturated heterocycles. The van der Waals surface area contributed by atoms with E-state index in [4.69, 9.17) is 9.47 Å². The molecule has 0 bridgehead atoms. The molecule has 0 radical (unpaired) electrons. The summed E-state index contributed by atoms with van der Waals surface area (Å²) in [7, 11) is 5.35. The van der Waals surface area contributed by atoms with Gasteiger partial charge in [-0.2, -0.15) is 0 Å². The van der Waals surface area contributed by atoms with Gasteiger partial charge >= 0.3 is 5.97 Å². The summed E-state index contributed by atoms with van der Waals surface area (Å²) in [5.41, 5.74) is 0. The van der Waals surface area contributed by atoms with Crippen molar-refractivity contribution in [3.8, 4) is 0 Å². The number of hydrogen-bond acceptors (Lipinski definition) is 6. The lowest BCUT2D eigenvalue weighted by Gasteiger charge is -2.34. The van der Waals surface area contributed by atoms with Gasteiger partial charge in [-0.25, -0.2) is 0 Å². The van der Waals surface area contributed by atoms with Gasteiger partial charge in [-0.3, -0.25) is 4.79 Å². The molecule has 0 aromatic rings. The fraction of sp³-hybridized carbons (Fsp3) is 0.667. The average Bonchev–Trinajstić information content (AvgIpc) is 2.95. The van der Waals surface area contributed by atoms with Crippen LogP contribution in [0.1, 0.15) is 103 Å². The Morgan fingerprint density at radius 2 is 1.21 bits per heavy atom. The van der Waals surface area contributed by atoms with E-state index in [2.05, 4.69) is 67.7 Å². The van der Waals surface area contributed by atoms with Crippen molar-refractivity contribution < 1.29 is 33.8 Å². The zero-order valence-corrected chi connectivity index (χ0v) is 27.6. The molecule has 0 saturated carbocycles. The Balaban J connectivity index is 3.57. The number of esters is 1. The SMILES string of the molecule is CC/C=C/C/C=C/C/C=C/C/C=C/C/C=C/CCCCCCCCCC(=O)OCC(O)COCCC(C(=O)[O-])[N+](C)(C)C. The molecule has 0 heterocycles. The number of aliphatic hydroxyl groups is 1. The number of carbonyl (C=O) groups is 2. The minimum absolute atomic E-state index is 0.00866. The summed E-state index contributed by atoms with van der Waals surface area (Å²) >= 11 is 0. The second kappa shape index (κ2) is 28.3. The van der Waals surface area contributed by atoms with Gasteiger partial charge in [0.2, 0.25) is 0 Å². The van der Waals surface area contributed by atoms with E-state index >= 15 is 0 Å². The third kappa shape index (κ3) is 28.1. The van der Waals surface area contributed by atoms with Crippen LogP contribution in [0.2, 0.25) is 0 Å². The number of quaternary nitrogens is 1. The van der Waals surface area contributed by atoms with Crippen molar-refractivity contribution in [2.45, 2.75) is 115 Å². The highest BCUT2D eigenvalue weighted by molar-refractivity contribution is 5.69. The van der Waals surface area contributed by atoms with Crippen molar-refractivity contribution in [3.63, 3.8) is 0 Å². The number of aliphatic carboxylic acids is 1. The van der Waals surface area contributed by atoms with Crippen LogP contribution in [0.4, 0.5) is 0 Å². The second-order valence-electron chi connectivity index (χ2n) is 11.9. The first-order chi connectivity index (χ1) is 20.7. The lowest BCUT2D eigenvalue weighted by Crippen LogP contribution is -2.55. The molecular weight excluding hydrogens is 542 g/mol. The molecule has 0 amide bonds. The van der Waals surface area contributed by atoms with Crippen LogP contribution >= 0.6 is 0 Å². The summed E-state index contributed by atoms with van der Waals surface area (Å²) in [6, 6.07) is -0.690. The van der Waals surface area contributed by atoms with Crippen LogP contribution in [0.15, 0.2) is 60.8 Å². The Morgan fingerprint density at radius 1 is 0.721 bits per heavy atom. The highest BCUT2D eigenvalue weighted by Gasteiger charge is 2.24. The lowest BCUT2D eigenvalue weighted by molar-refractivity contribution is -0.889. The highest BCUT2D eigenvalue weighted by Crippen LogP contribution is 2.11. The number of carboxylic acids is 1. The monoisotopic (exact) mass is 603 g/mol. The zero-order valence-electron chi connectivity index (χ0n) is 27.6. The number of unbranched alkanes of at least 4 members (excludes halogenated alkanes) is 7. The maximum atomic E-state index is 11.9. The lowest BCUT2D eigenvalue weighted by atomic mass is 10.1. The van der Waals surface area contributed by atoms with Crippen molar-refractivity contribution in [1.29, 1.82) is 0 Å². The summed E-state index contributed by atoms with van der Waals surface area (Å²) in [5, 5.41) is 21.2. The molecule has 2 atom stereocenters. The van der Waals surface area contributed by atoms with E-state index in [-0.39, 0.29) is 36.7 Å². The smallest absolute Gasteiger partial charge is 0.305 e. The Bertz CT molecular complexity index is 837. The molecule has 0 spiro atoms. The number of allylic oxidation sites excluding steroid dienone is 10. The second-order valence-corrected chi connectivity index (χ2v) is 11.9. The summed E-state index contributed by atoms with van der Waals surface area (Å²) in [6.45, 7) is 2.21. The quantitative estimate of drug-likeness (QED) is 0.0482. The summed E-state index contributed by atoms with van der Waals surface area (Å²) in [6.07, 6.45) is 36.0. The number of carbonyl (C=O) groups excluding carboxylic acids is 2. The van der Waals surface area contributed by atoms with Gasteiger partial charge in [0.25, 0.3) is 0 Å². The number of hydrogen-bond donors (Lipinski definition) is 1. The fourth-order valence-corrected chi connectivity index (χ4v) is 4.33. The molecule has 0 fully saturated rings. The molecule has 0 aliphatic carbocycles. The minimum atomic E-state index is -1.12. The van der Waals surface area contributed by atoms with Gasteiger partial charge in [0, 0.05) is 12.8 Å². The summed E-state index contributed by atoms with van der Waals surface area (Å²) in [4.78, 5) is 23.2. The van der Waals surface area contributed by atoms with Gasteiger partial charge in [0.15, 0.2) is 0 Å². The molecular formula is C36H61NO6. The first-order valence-electron chi connectivity index (χ1n) is 16.4. The van der Waals surface area contributed by atoms with Gasteiger partial charge in [-0.15, -0.1) is 0 Å². The van der Waals surface area contributed by atoms with Crippen molar-refractivity contribution in [3.05, 3.63) is 60.8 Å². The van der Waals surface area contributed by atoms with Crippen molar-refractivity contribution in [2.24, 2.45) is 0 Å². The Hall–Kier alpha value is -2.48. The number of nitrogens with zero attached hydrogens (tertiary/aromatic N) is 1. The third-order valence-electron chi connectivity index (χ3n) is 6.90. The third-order valence-corrected chi connectivity index (χ3v) is 6.90. The molecule has 2 unspecified atom stereocenters. The normalized spacial score (nSPS) is 14.2. The maximum Gasteiger partial charge on any atom is 0.305 e. The van der Waals surface area contributed by atoms with Crippen LogP contribution in [0, 0.1) is 0 Å². The standard InChI is InChI=1S/C36H61NO6/c1-5-6-7-8-9-10-11-12-13-14-15-16-17-18-19-20-21-22-23-24-25-26-27-28-35(39)43-32-33(38)31-42-30-29-34(36(40)41)37(2,3)4/h6-7,9-10,12-13,15-16,18-19,33-34,38H,5,8,11,14,17,20-32H2,1-4H3/b7-6+,10-9+,13-12+,16-15+,19-18+. The van der Waals surface area contributed by atoms with Crippen LogP contribution in [0.5, 0.6) is 0 Å². The van der Waals surface area contributed by atoms with Crippen molar-refractivity contribution >= 4 is 11.9 Å². The molecule has 7 heteroatoms. The van der Waals surface area contributed by atoms with Gasteiger partial charge in [0.1, 0.15) is 18.8 Å². The van der Waals surface area contributed by atoms with Gasteiger partial charge in [0.05, 0.1) is 40.3 Å². The van der Waals surface area contributed by atoms with Crippen LogP contribution in [-0.2, 0) is 19.1 Å². The van der Waals surface area contributed by atoms with E-state index in [1.54, 1.807) is 21.1 Å². The molecule has 7 nitrogen and oxygen atoms in total. The van der Waals surface area contributed by atoms with Crippen LogP contribution in [0.25, 0.3) is 0 Å². The Labute approximate surface area is 262 Å². The Kier molecular flexibility index (Phi) is 26.7. The van der Waals surface area contributed by atoms with E-state index in [0.29, 0.717) is 6.42 Å². The Morgan fingerprint density at radius 3 is 1.72 bits per heavy atom. The molecule has 0 aliphatic rings. The van der Waals surface area contributed by atoms with E-state index < -0.39 is 18.1 Å². The predicted molar refractivity (Wildman–Crippen MR) is 175 cm³/mol. The van der Waals surface area contributed by atoms with Crippen LogP contribution in [0.3, 0.4) is 0 Å². The highest BCUT2D eigenvalue weighted by atomic mass is 16.5.